The van der Waals surface area contributed by atoms with Crippen molar-refractivity contribution in [2.24, 2.45) is 5.41 Å². The Bertz CT molecular complexity index is 235. The van der Waals surface area contributed by atoms with E-state index in [9.17, 15) is 4.79 Å². The summed E-state index contributed by atoms with van der Waals surface area (Å²) in [6.45, 7) is 8.05. The third-order valence-electron chi connectivity index (χ3n) is 2.96. The summed E-state index contributed by atoms with van der Waals surface area (Å²) in [4.78, 5) is 11.3. The van der Waals surface area contributed by atoms with Crippen LogP contribution in [0.25, 0.3) is 0 Å². The first-order valence-electron chi connectivity index (χ1n) is 4.96. The van der Waals surface area contributed by atoms with Crippen molar-refractivity contribution in [2.75, 3.05) is 7.11 Å². The molecule has 0 amide bonds. The topological polar surface area (TPSA) is 38.3 Å². The fraction of sp³-hybridized carbons (Fsp3) is 0.727. The van der Waals surface area contributed by atoms with E-state index in [1.54, 1.807) is 0 Å². The SMILES string of the molecule is C=CCC1N[C@H](C(=O)OC)CC1(C)C. The Morgan fingerprint density at radius 2 is 2.36 bits per heavy atom. The molecule has 0 saturated carbocycles. The van der Waals surface area contributed by atoms with E-state index >= 15 is 0 Å². The minimum atomic E-state index is -0.162. The molecule has 14 heavy (non-hydrogen) atoms. The van der Waals surface area contributed by atoms with Gasteiger partial charge in [-0.3, -0.25) is 4.79 Å². The molecule has 3 nitrogen and oxygen atoms in total. The molecule has 0 aromatic heterocycles. The minimum Gasteiger partial charge on any atom is -0.468 e. The fourth-order valence-electron chi connectivity index (χ4n) is 2.04. The summed E-state index contributed by atoms with van der Waals surface area (Å²) in [5.74, 6) is -0.162. The lowest BCUT2D eigenvalue weighted by Gasteiger charge is -2.24. The highest BCUT2D eigenvalue weighted by Crippen LogP contribution is 2.35. The quantitative estimate of drug-likeness (QED) is 0.550. The van der Waals surface area contributed by atoms with Crippen molar-refractivity contribution in [1.29, 1.82) is 0 Å². The van der Waals surface area contributed by atoms with Gasteiger partial charge in [0.15, 0.2) is 0 Å². The molecule has 3 heteroatoms. The fourth-order valence-corrected chi connectivity index (χ4v) is 2.04. The van der Waals surface area contributed by atoms with Crippen molar-refractivity contribution in [3.63, 3.8) is 0 Å². The van der Waals surface area contributed by atoms with Gasteiger partial charge < -0.3 is 10.1 Å². The summed E-state index contributed by atoms with van der Waals surface area (Å²) >= 11 is 0. The maximum absolute atomic E-state index is 11.3. The number of esters is 1. The van der Waals surface area contributed by atoms with Crippen molar-refractivity contribution in [1.82, 2.24) is 5.32 Å². The predicted molar refractivity (Wildman–Crippen MR) is 55.9 cm³/mol. The molecule has 0 aromatic carbocycles. The molecule has 0 bridgehead atoms. The average Bonchev–Trinajstić information content (AvgIpc) is 2.42. The van der Waals surface area contributed by atoms with E-state index in [4.69, 9.17) is 4.74 Å². The Morgan fingerprint density at radius 3 is 2.86 bits per heavy atom. The molecule has 1 aliphatic heterocycles. The molecule has 0 aromatic rings. The summed E-state index contributed by atoms with van der Waals surface area (Å²) in [5.41, 5.74) is 0.132. The van der Waals surface area contributed by atoms with Gasteiger partial charge in [-0.05, 0) is 18.3 Å². The van der Waals surface area contributed by atoms with Gasteiger partial charge in [-0.1, -0.05) is 19.9 Å². The molecule has 1 rings (SSSR count). The zero-order valence-corrected chi connectivity index (χ0v) is 9.17. The molecule has 0 aliphatic carbocycles. The largest absolute Gasteiger partial charge is 0.468 e. The summed E-state index contributed by atoms with van der Waals surface area (Å²) in [7, 11) is 1.43. The molecule has 1 N–H and O–H groups in total. The standard InChI is InChI=1S/C11H19NO2/c1-5-6-9-11(2,3)7-8(12-9)10(13)14-4/h5,8-9,12H,1,6-7H2,2-4H3/t8-,9?/m0/s1. The second kappa shape index (κ2) is 4.13. The molecule has 1 unspecified atom stereocenters. The van der Waals surface area contributed by atoms with Crippen LogP contribution in [0.4, 0.5) is 0 Å². The predicted octanol–water partition coefficient (Wildman–Crippen LogP) is 1.49. The number of rotatable bonds is 3. The third-order valence-corrected chi connectivity index (χ3v) is 2.96. The van der Waals surface area contributed by atoms with Crippen LogP contribution >= 0.6 is 0 Å². The van der Waals surface area contributed by atoms with Gasteiger partial charge in [-0.2, -0.15) is 0 Å². The van der Waals surface area contributed by atoms with Crippen molar-refractivity contribution in [3.05, 3.63) is 12.7 Å². The normalized spacial score (nSPS) is 29.9. The van der Waals surface area contributed by atoms with Crippen LogP contribution in [0.1, 0.15) is 26.7 Å². The van der Waals surface area contributed by atoms with Crippen LogP contribution in [-0.2, 0) is 9.53 Å². The van der Waals surface area contributed by atoms with E-state index in [0.717, 1.165) is 12.8 Å². The zero-order chi connectivity index (χ0) is 10.8. The van der Waals surface area contributed by atoms with Crippen LogP contribution in [0, 0.1) is 5.41 Å². The molecular weight excluding hydrogens is 178 g/mol. The summed E-state index contributed by atoms with van der Waals surface area (Å²) in [6.07, 6.45) is 3.61. The first-order chi connectivity index (χ1) is 6.51. The lowest BCUT2D eigenvalue weighted by atomic mass is 9.82. The lowest BCUT2D eigenvalue weighted by molar-refractivity contribution is -0.142. The highest BCUT2D eigenvalue weighted by molar-refractivity contribution is 5.76. The van der Waals surface area contributed by atoms with Gasteiger partial charge in [0.2, 0.25) is 0 Å². The number of hydrogen-bond donors (Lipinski definition) is 1. The van der Waals surface area contributed by atoms with Crippen molar-refractivity contribution < 1.29 is 9.53 Å². The molecular formula is C11H19NO2. The van der Waals surface area contributed by atoms with Gasteiger partial charge in [0.25, 0.3) is 0 Å². The van der Waals surface area contributed by atoms with Crippen LogP contribution in [-0.4, -0.2) is 25.2 Å². The Kier molecular flexibility index (Phi) is 3.32. The monoisotopic (exact) mass is 197 g/mol. The van der Waals surface area contributed by atoms with Gasteiger partial charge >= 0.3 is 5.97 Å². The molecule has 80 valence electrons. The maximum atomic E-state index is 11.3. The average molecular weight is 197 g/mol. The Balaban J connectivity index is 2.65. The highest BCUT2D eigenvalue weighted by atomic mass is 16.5. The van der Waals surface area contributed by atoms with Crippen LogP contribution in [0.15, 0.2) is 12.7 Å². The Labute approximate surface area is 85.5 Å². The maximum Gasteiger partial charge on any atom is 0.322 e. The van der Waals surface area contributed by atoms with Gasteiger partial charge in [-0.15, -0.1) is 6.58 Å². The van der Waals surface area contributed by atoms with Crippen molar-refractivity contribution in [2.45, 2.75) is 38.8 Å². The molecule has 1 saturated heterocycles. The Morgan fingerprint density at radius 1 is 1.71 bits per heavy atom. The summed E-state index contributed by atoms with van der Waals surface area (Å²) < 4.78 is 4.73. The summed E-state index contributed by atoms with van der Waals surface area (Å²) in [5, 5.41) is 3.29. The molecule has 2 atom stereocenters. The van der Waals surface area contributed by atoms with E-state index in [2.05, 4.69) is 25.7 Å². The summed E-state index contributed by atoms with van der Waals surface area (Å²) in [6, 6.07) is 0.170. The molecule has 1 heterocycles. The van der Waals surface area contributed by atoms with Gasteiger partial charge in [0.05, 0.1) is 7.11 Å². The number of carbonyl (C=O) groups excluding carboxylic acids is 1. The molecule has 1 fully saturated rings. The van der Waals surface area contributed by atoms with Crippen LogP contribution in [0.3, 0.4) is 0 Å². The first-order valence-corrected chi connectivity index (χ1v) is 4.96. The number of methoxy groups -OCH3 is 1. The minimum absolute atomic E-state index is 0.132. The zero-order valence-electron chi connectivity index (χ0n) is 9.17. The van der Waals surface area contributed by atoms with E-state index in [1.165, 1.54) is 7.11 Å². The van der Waals surface area contributed by atoms with E-state index in [-0.39, 0.29) is 17.4 Å². The van der Waals surface area contributed by atoms with Gasteiger partial charge in [0, 0.05) is 6.04 Å². The van der Waals surface area contributed by atoms with Crippen LogP contribution < -0.4 is 5.32 Å². The van der Waals surface area contributed by atoms with Crippen molar-refractivity contribution in [3.8, 4) is 0 Å². The van der Waals surface area contributed by atoms with Gasteiger partial charge in [0.1, 0.15) is 6.04 Å². The third kappa shape index (κ3) is 2.15. The first kappa shape index (κ1) is 11.2. The van der Waals surface area contributed by atoms with Crippen LogP contribution in [0.2, 0.25) is 0 Å². The lowest BCUT2D eigenvalue weighted by Crippen LogP contribution is -2.37. The molecule has 1 aliphatic rings. The molecule has 0 spiro atoms. The highest BCUT2D eigenvalue weighted by Gasteiger charge is 2.42. The second-order valence-corrected chi connectivity index (χ2v) is 4.51. The van der Waals surface area contributed by atoms with Gasteiger partial charge in [-0.25, -0.2) is 0 Å². The van der Waals surface area contributed by atoms with E-state index < -0.39 is 0 Å². The number of nitrogens with one attached hydrogen (secondary N) is 1. The van der Waals surface area contributed by atoms with E-state index in [1.807, 2.05) is 6.08 Å². The number of ether oxygens (including phenoxy) is 1. The molecule has 0 radical (unpaired) electrons. The Hall–Kier alpha value is -0.830. The second-order valence-electron chi connectivity index (χ2n) is 4.51. The number of carbonyl (C=O) groups is 1. The van der Waals surface area contributed by atoms with E-state index in [0.29, 0.717) is 6.04 Å². The van der Waals surface area contributed by atoms with Crippen LogP contribution in [0.5, 0.6) is 0 Å². The number of hydrogen-bond acceptors (Lipinski definition) is 3. The van der Waals surface area contributed by atoms with Crippen molar-refractivity contribution >= 4 is 5.97 Å². The smallest absolute Gasteiger partial charge is 0.322 e.